The molecule has 1 aromatic carbocycles. The van der Waals surface area contributed by atoms with Gasteiger partial charge in [0.05, 0.1) is 5.60 Å². The highest BCUT2D eigenvalue weighted by Crippen LogP contribution is 2.40. The number of benzene rings is 1. The second-order valence-corrected chi connectivity index (χ2v) is 6.44. The van der Waals surface area contributed by atoms with Gasteiger partial charge in [-0.05, 0) is 42.4 Å². The Hall–Kier alpha value is -0.530. The molecule has 0 amide bonds. The molecule has 2 unspecified atom stereocenters. The van der Waals surface area contributed by atoms with Crippen molar-refractivity contribution in [3.05, 3.63) is 34.9 Å². The number of rotatable bonds is 3. The Morgan fingerprint density at radius 1 is 1.28 bits per heavy atom. The highest BCUT2D eigenvalue weighted by Gasteiger charge is 2.40. The minimum Gasteiger partial charge on any atom is -0.389 e. The van der Waals surface area contributed by atoms with Crippen LogP contribution in [0.2, 0.25) is 5.02 Å². The summed E-state index contributed by atoms with van der Waals surface area (Å²) < 4.78 is 0. The first-order valence-corrected chi connectivity index (χ1v) is 7.36. The Balaban J connectivity index is 2.15. The molecule has 1 saturated carbocycles. The van der Waals surface area contributed by atoms with Crippen LogP contribution in [-0.2, 0) is 6.42 Å². The number of aliphatic hydroxyl groups is 1. The van der Waals surface area contributed by atoms with Crippen molar-refractivity contribution in [2.45, 2.75) is 51.6 Å². The maximum Gasteiger partial charge on any atom is 0.0718 e. The highest BCUT2D eigenvalue weighted by atomic mass is 35.5. The molecule has 0 bridgehead atoms. The summed E-state index contributed by atoms with van der Waals surface area (Å²) in [5.41, 5.74) is 0.662. The van der Waals surface area contributed by atoms with Gasteiger partial charge in [0.15, 0.2) is 0 Å². The molecule has 2 atom stereocenters. The van der Waals surface area contributed by atoms with Crippen LogP contribution < -0.4 is 0 Å². The Bertz CT molecular complexity index is 385. The van der Waals surface area contributed by atoms with Crippen molar-refractivity contribution < 1.29 is 5.11 Å². The smallest absolute Gasteiger partial charge is 0.0718 e. The third kappa shape index (κ3) is 3.07. The fourth-order valence-electron chi connectivity index (χ4n) is 3.38. The summed E-state index contributed by atoms with van der Waals surface area (Å²) in [4.78, 5) is 0. The molecule has 1 aliphatic rings. The molecule has 18 heavy (non-hydrogen) atoms. The van der Waals surface area contributed by atoms with E-state index in [1.54, 1.807) is 0 Å². The lowest BCUT2D eigenvalue weighted by molar-refractivity contribution is -0.0652. The Morgan fingerprint density at radius 2 is 1.94 bits per heavy atom. The largest absolute Gasteiger partial charge is 0.389 e. The van der Waals surface area contributed by atoms with E-state index in [1.807, 2.05) is 24.3 Å². The summed E-state index contributed by atoms with van der Waals surface area (Å²) in [6.07, 6.45) is 5.24. The fraction of sp³-hybridized carbons (Fsp3) is 0.625. The topological polar surface area (TPSA) is 20.2 Å². The summed E-state index contributed by atoms with van der Waals surface area (Å²) in [7, 11) is 0. The van der Waals surface area contributed by atoms with Gasteiger partial charge >= 0.3 is 0 Å². The molecule has 0 aromatic heterocycles. The van der Waals surface area contributed by atoms with Gasteiger partial charge in [0.25, 0.3) is 0 Å². The molecule has 0 spiro atoms. The molecule has 2 heteroatoms. The van der Waals surface area contributed by atoms with E-state index in [0.29, 0.717) is 11.8 Å². The van der Waals surface area contributed by atoms with Gasteiger partial charge < -0.3 is 5.11 Å². The first-order valence-electron chi connectivity index (χ1n) is 6.98. The van der Waals surface area contributed by atoms with Gasteiger partial charge in [-0.1, -0.05) is 50.4 Å². The zero-order chi connectivity index (χ0) is 13.2. The van der Waals surface area contributed by atoms with Crippen LogP contribution in [0.1, 0.15) is 45.1 Å². The van der Waals surface area contributed by atoms with Gasteiger partial charge in [-0.15, -0.1) is 0 Å². The molecule has 0 radical (unpaired) electrons. The standard InChI is InChI=1S/C16H23ClO/c1-12(2)15-5-3-4-10-16(15,18)11-13-6-8-14(17)9-7-13/h6-9,12,15,18H,3-5,10-11H2,1-2H3. The van der Waals surface area contributed by atoms with Crippen molar-refractivity contribution in [1.29, 1.82) is 0 Å². The van der Waals surface area contributed by atoms with Crippen LogP contribution in [0, 0.1) is 11.8 Å². The van der Waals surface area contributed by atoms with E-state index in [9.17, 15) is 5.11 Å². The van der Waals surface area contributed by atoms with Crippen molar-refractivity contribution in [2.75, 3.05) is 0 Å². The van der Waals surface area contributed by atoms with E-state index >= 15 is 0 Å². The van der Waals surface area contributed by atoms with Gasteiger partial charge in [0, 0.05) is 11.4 Å². The molecule has 1 aliphatic carbocycles. The van der Waals surface area contributed by atoms with Crippen LogP contribution in [0.15, 0.2) is 24.3 Å². The van der Waals surface area contributed by atoms with Crippen LogP contribution in [-0.4, -0.2) is 10.7 Å². The summed E-state index contributed by atoms with van der Waals surface area (Å²) in [6, 6.07) is 7.89. The second kappa shape index (κ2) is 5.63. The Kier molecular flexibility index (Phi) is 4.34. The monoisotopic (exact) mass is 266 g/mol. The minimum absolute atomic E-state index is 0.418. The average Bonchev–Trinajstić information content (AvgIpc) is 2.32. The van der Waals surface area contributed by atoms with E-state index in [2.05, 4.69) is 13.8 Å². The van der Waals surface area contributed by atoms with Crippen molar-refractivity contribution in [3.63, 3.8) is 0 Å². The molecule has 1 aromatic rings. The zero-order valence-corrected chi connectivity index (χ0v) is 12.1. The minimum atomic E-state index is -0.528. The highest BCUT2D eigenvalue weighted by molar-refractivity contribution is 6.30. The molecule has 0 saturated heterocycles. The van der Waals surface area contributed by atoms with Crippen LogP contribution in [0.4, 0.5) is 0 Å². The average molecular weight is 267 g/mol. The van der Waals surface area contributed by atoms with E-state index in [1.165, 1.54) is 12.0 Å². The zero-order valence-electron chi connectivity index (χ0n) is 11.3. The molecule has 1 nitrogen and oxygen atoms in total. The molecule has 2 rings (SSSR count). The second-order valence-electron chi connectivity index (χ2n) is 6.00. The van der Waals surface area contributed by atoms with Crippen molar-refractivity contribution in [1.82, 2.24) is 0 Å². The maximum absolute atomic E-state index is 11.0. The lowest BCUT2D eigenvalue weighted by atomic mass is 9.68. The molecule has 1 fully saturated rings. The first-order chi connectivity index (χ1) is 8.51. The van der Waals surface area contributed by atoms with Gasteiger partial charge in [0.1, 0.15) is 0 Å². The van der Waals surface area contributed by atoms with E-state index in [-0.39, 0.29) is 0 Å². The molecular weight excluding hydrogens is 244 g/mol. The van der Waals surface area contributed by atoms with Gasteiger partial charge in [0.2, 0.25) is 0 Å². The molecule has 0 heterocycles. The number of hydrogen-bond donors (Lipinski definition) is 1. The predicted octanol–water partition coefficient (Wildman–Crippen LogP) is 4.46. The Morgan fingerprint density at radius 3 is 2.56 bits per heavy atom. The number of hydrogen-bond acceptors (Lipinski definition) is 1. The van der Waals surface area contributed by atoms with Crippen LogP contribution >= 0.6 is 11.6 Å². The van der Waals surface area contributed by atoms with Crippen molar-refractivity contribution in [3.8, 4) is 0 Å². The lowest BCUT2D eigenvalue weighted by Gasteiger charge is -2.42. The molecule has 1 N–H and O–H groups in total. The van der Waals surface area contributed by atoms with Crippen LogP contribution in [0.25, 0.3) is 0 Å². The third-order valence-corrected chi connectivity index (χ3v) is 4.55. The number of halogens is 1. The summed E-state index contributed by atoms with van der Waals surface area (Å²) >= 11 is 5.91. The van der Waals surface area contributed by atoms with Gasteiger partial charge in [-0.3, -0.25) is 0 Å². The summed E-state index contributed by atoms with van der Waals surface area (Å²) in [6.45, 7) is 4.45. The SMILES string of the molecule is CC(C)C1CCCCC1(O)Cc1ccc(Cl)cc1. The molecule has 100 valence electrons. The lowest BCUT2D eigenvalue weighted by Crippen LogP contribution is -2.45. The molecule has 0 aliphatic heterocycles. The van der Waals surface area contributed by atoms with E-state index in [0.717, 1.165) is 30.7 Å². The van der Waals surface area contributed by atoms with Crippen molar-refractivity contribution in [2.24, 2.45) is 11.8 Å². The van der Waals surface area contributed by atoms with E-state index in [4.69, 9.17) is 11.6 Å². The predicted molar refractivity (Wildman–Crippen MR) is 76.9 cm³/mol. The van der Waals surface area contributed by atoms with Gasteiger partial charge in [-0.25, -0.2) is 0 Å². The van der Waals surface area contributed by atoms with Gasteiger partial charge in [-0.2, -0.15) is 0 Å². The normalized spacial score (nSPS) is 28.6. The quantitative estimate of drug-likeness (QED) is 0.856. The third-order valence-electron chi connectivity index (χ3n) is 4.29. The Labute approximate surface area is 115 Å². The summed E-state index contributed by atoms with van der Waals surface area (Å²) in [5.74, 6) is 0.963. The maximum atomic E-state index is 11.0. The van der Waals surface area contributed by atoms with Crippen LogP contribution in [0.5, 0.6) is 0 Å². The molecular formula is C16H23ClO. The first kappa shape index (κ1) is 13.9. The van der Waals surface area contributed by atoms with Crippen LogP contribution in [0.3, 0.4) is 0 Å². The fourth-order valence-corrected chi connectivity index (χ4v) is 3.50. The summed E-state index contributed by atoms with van der Waals surface area (Å²) in [5, 5.41) is 11.8. The van der Waals surface area contributed by atoms with E-state index < -0.39 is 5.60 Å². The van der Waals surface area contributed by atoms with Crippen molar-refractivity contribution >= 4 is 11.6 Å².